The van der Waals surface area contributed by atoms with Crippen molar-refractivity contribution in [2.75, 3.05) is 19.5 Å². The van der Waals surface area contributed by atoms with Gasteiger partial charge in [-0.05, 0) is 35.4 Å². The van der Waals surface area contributed by atoms with Gasteiger partial charge in [0.25, 0.3) is 0 Å². The number of nitrogens with one attached hydrogen (secondary N) is 1. The standard InChI is InChI=1S/C19H16ClN3O3/c1-21-19-22-10-14-17(11-4-3-5-13(20)8-11)12(6-7-16(24)25)9-15(26-2)18(14)23-19/h3-10H,1-2H3,(H,24,25)(H,21,22,23)/b7-6+. The number of aliphatic carboxylic acids is 1. The molecule has 0 spiro atoms. The van der Waals surface area contributed by atoms with E-state index >= 15 is 0 Å². The van der Waals surface area contributed by atoms with E-state index in [0.717, 1.165) is 22.6 Å². The molecule has 0 unspecified atom stereocenters. The molecule has 2 N–H and O–H groups in total. The number of carbonyl (C=O) groups is 1. The molecule has 1 heterocycles. The maximum atomic E-state index is 11.0. The van der Waals surface area contributed by atoms with Crippen LogP contribution in [0.5, 0.6) is 5.75 Å². The predicted molar refractivity (Wildman–Crippen MR) is 103 cm³/mol. The summed E-state index contributed by atoms with van der Waals surface area (Å²) < 4.78 is 5.46. The third-order valence-corrected chi connectivity index (χ3v) is 4.06. The van der Waals surface area contributed by atoms with Crippen LogP contribution >= 0.6 is 11.6 Å². The van der Waals surface area contributed by atoms with E-state index in [4.69, 9.17) is 21.4 Å². The highest BCUT2D eigenvalue weighted by molar-refractivity contribution is 6.31. The number of aromatic nitrogens is 2. The van der Waals surface area contributed by atoms with E-state index < -0.39 is 5.97 Å². The summed E-state index contributed by atoms with van der Waals surface area (Å²) in [6.45, 7) is 0. The fraction of sp³-hybridized carbons (Fsp3) is 0.105. The maximum Gasteiger partial charge on any atom is 0.328 e. The van der Waals surface area contributed by atoms with Gasteiger partial charge in [0.1, 0.15) is 11.3 Å². The Bertz CT molecular complexity index is 1020. The Morgan fingerprint density at radius 2 is 2.15 bits per heavy atom. The molecule has 0 saturated heterocycles. The van der Waals surface area contributed by atoms with Crippen molar-refractivity contribution in [2.24, 2.45) is 0 Å². The Morgan fingerprint density at radius 3 is 2.81 bits per heavy atom. The minimum Gasteiger partial charge on any atom is -0.494 e. The number of halogens is 1. The van der Waals surface area contributed by atoms with Crippen LogP contribution in [-0.2, 0) is 4.79 Å². The van der Waals surface area contributed by atoms with Crippen LogP contribution in [0.15, 0.2) is 42.6 Å². The molecular weight excluding hydrogens is 354 g/mol. The lowest BCUT2D eigenvalue weighted by Crippen LogP contribution is -2.00. The van der Waals surface area contributed by atoms with E-state index in [0.29, 0.717) is 27.8 Å². The smallest absolute Gasteiger partial charge is 0.328 e. The second kappa shape index (κ2) is 7.41. The Morgan fingerprint density at radius 1 is 1.35 bits per heavy atom. The number of nitrogens with zero attached hydrogens (tertiary/aromatic N) is 2. The Hall–Kier alpha value is -3.12. The van der Waals surface area contributed by atoms with Crippen molar-refractivity contribution in [3.8, 4) is 16.9 Å². The van der Waals surface area contributed by atoms with E-state index in [1.165, 1.54) is 6.08 Å². The fourth-order valence-corrected chi connectivity index (χ4v) is 2.91. The van der Waals surface area contributed by atoms with Gasteiger partial charge in [0.05, 0.1) is 7.11 Å². The first-order valence-corrected chi connectivity index (χ1v) is 8.13. The van der Waals surface area contributed by atoms with Crippen LogP contribution in [0, 0.1) is 0 Å². The van der Waals surface area contributed by atoms with Crippen LogP contribution in [0.2, 0.25) is 5.02 Å². The van der Waals surface area contributed by atoms with Gasteiger partial charge in [-0.2, -0.15) is 0 Å². The fourth-order valence-electron chi connectivity index (χ4n) is 2.72. The van der Waals surface area contributed by atoms with E-state index in [1.54, 1.807) is 32.5 Å². The molecule has 6 nitrogen and oxygen atoms in total. The zero-order chi connectivity index (χ0) is 18.7. The van der Waals surface area contributed by atoms with Gasteiger partial charge in [-0.3, -0.25) is 0 Å². The van der Waals surface area contributed by atoms with Gasteiger partial charge in [-0.25, -0.2) is 14.8 Å². The van der Waals surface area contributed by atoms with Gasteiger partial charge >= 0.3 is 5.97 Å². The quantitative estimate of drug-likeness (QED) is 0.659. The molecule has 3 aromatic rings. The molecule has 7 heteroatoms. The molecule has 0 aliphatic rings. The predicted octanol–water partition coefficient (Wildman–Crippen LogP) is 4.10. The lowest BCUT2D eigenvalue weighted by Gasteiger charge is -2.14. The van der Waals surface area contributed by atoms with Crippen molar-refractivity contribution >= 4 is 40.5 Å². The Balaban J connectivity index is 2.40. The lowest BCUT2D eigenvalue weighted by molar-refractivity contribution is -0.131. The molecule has 0 bridgehead atoms. The van der Waals surface area contributed by atoms with E-state index in [2.05, 4.69) is 15.3 Å². The normalized spacial score (nSPS) is 11.0. The van der Waals surface area contributed by atoms with Crippen molar-refractivity contribution in [2.45, 2.75) is 0 Å². The summed E-state index contributed by atoms with van der Waals surface area (Å²) in [4.78, 5) is 19.8. The average Bonchev–Trinajstić information content (AvgIpc) is 2.64. The minimum absolute atomic E-state index is 0.460. The van der Waals surface area contributed by atoms with E-state index in [-0.39, 0.29) is 0 Å². The van der Waals surface area contributed by atoms with Crippen molar-refractivity contribution in [1.82, 2.24) is 9.97 Å². The average molecular weight is 370 g/mol. The van der Waals surface area contributed by atoms with Crippen molar-refractivity contribution in [3.63, 3.8) is 0 Å². The monoisotopic (exact) mass is 369 g/mol. The summed E-state index contributed by atoms with van der Waals surface area (Å²) in [5.74, 6) is -0.0562. The summed E-state index contributed by atoms with van der Waals surface area (Å²) in [5, 5.41) is 13.2. The number of methoxy groups -OCH3 is 1. The largest absolute Gasteiger partial charge is 0.494 e. The topological polar surface area (TPSA) is 84.3 Å². The summed E-state index contributed by atoms with van der Waals surface area (Å²) in [5.41, 5.74) is 2.90. The first-order valence-electron chi connectivity index (χ1n) is 7.76. The molecule has 1 aromatic heterocycles. The number of fused-ring (bicyclic) bond motifs is 1. The molecule has 0 amide bonds. The van der Waals surface area contributed by atoms with Crippen LogP contribution in [0.1, 0.15) is 5.56 Å². The van der Waals surface area contributed by atoms with Gasteiger partial charge in [-0.15, -0.1) is 0 Å². The lowest BCUT2D eigenvalue weighted by atomic mass is 9.95. The second-order valence-electron chi connectivity index (χ2n) is 5.43. The van der Waals surface area contributed by atoms with Crippen molar-refractivity contribution in [1.29, 1.82) is 0 Å². The van der Waals surface area contributed by atoms with Gasteiger partial charge < -0.3 is 15.2 Å². The minimum atomic E-state index is -1.04. The second-order valence-corrected chi connectivity index (χ2v) is 5.87. The number of anilines is 1. The summed E-state index contributed by atoms with van der Waals surface area (Å²) in [6, 6.07) is 9.08. The van der Waals surface area contributed by atoms with Gasteiger partial charge in [-0.1, -0.05) is 23.7 Å². The molecule has 2 aromatic carbocycles. The van der Waals surface area contributed by atoms with Crippen LogP contribution in [0.3, 0.4) is 0 Å². The van der Waals surface area contributed by atoms with Gasteiger partial charge in [0, 0.05) is 35.3 Å². The molecule has 0 aliphatic carbocycles. The zero-order valence-corrected chi connectivity index (χ0v) is 14.9. The van der Waals surface area contributed by atoms with Crippen LogP contribution in [-0.4, -0.2) is 35.2 Å². The molecule has 26 heavy (non-hydrogen) atoms. The molecule has 3 rings (SSSR count). The molecular formula is C19H16ClN3O3. The highest BCUT2D eigenvalue weighted by Gasteiger charge is 2.16. The highest BCUT2D eigenvalue weighted by atomic mass is 35.5. The SMILES string of the molecule is CNc1ncc2c(-c3cccc(Cl)c3)c(/C=C/C(=O)O)cc(OC)c2n1. The third kappa shape index (κ3) is 3.45. The Labute approximate surface area is 155 Å². The number of carboxylic acids is 1. The van der Waals surface area contributed by atoms with Crippen molar-refractivity contribution in [3.05, 3.63) is 53.2 Å². The molecule has 0 radical (unpaired) electrons. The number of hydrogen-bond donors (Lipinski definition) is 2. The van der Waals surface area contributed by atoms with E-state index in [1.807, 2.05) is 18.2 Å². The third-order valence-electron chi connectivity index (χ3n) is 3.83. The zero-order valence-electron chi connectivity index (χ0n) is 14.2. The van der Waals surface area contributed by atoms with Crippen LogP contribution in [0.4, 0.5) is 5.95 Å². The van der Waals surface area contributed by atoms with Crippen LogP contribution in [0.25, 0.3) is 28.1 Å². The molecule has 0 saturated carbocycles. The maximum absolute atomic E-state index is 11.0. The van der Waals surface area contributed by atoms with E-state index in [9.17, 15) is 4.79 Å². The number of benzene rings is 2. The Kier molecular flexibility index (Phi) is 5.04. The molecule has 0 aliphatic heterocycles. The van der Waals surface area contributed by atoms with Gasteiger partial charge in [0.2, 0.25) is 5.95 Å². The number of hydrogen-bond acceptors (Lipinski definition) is 5. The van der Waals surface area contributed by atoms with Gasteiger partial charge in [0.15, 0.2) is 0 Å². The molecule has 132 valence electrons. The molecule has 0 atom stereocenters. The highest BCUT2D eigenvalue weighted by Crippen LogP contribution is 2.38. The number of ether oxygens (including phenoxy) is 1. The number of carboxylic acid groups (broad SMARTS) is 1. The summed E-state index contributed by atoms with van der Waals surface area (Å²) in [7, 11) is 3.27. The van der Waals surface area contributed by atoms with Crippen LogP contribution < -0.4 is 10.1 Å². The first kappa shape index (κ1) is 17.7. The summed E-state index contributed by atoms with van der Waals surface area (Å²) in [6.07, 6.45) is 4.29. The summed E-state index contributed by atoms with van der Waals surface area (Å²) >= 11 is 6.15. The number of rotatable bonds is 5. The van der Waals surface area contributed by atoms with Crippen molar-refractivity contribution < 1.29 is 14.6 Å². The first-order chi connectivity index (χ1) is 12.5. The molecule has 0 fully saturated rings.